The van der Waals surface area contributed by atoms with Crippen molar-refractivity contribution >= 4 is 17.4 Å². The number of nitrogens with zero attached hydrogens (tertiary/aromatic N) is 2. The predicted octanol–water partition coefficient (Wildman–Crippen LogP) is 4.82. The molecule has 2 aliphatic carbocycles. The van der Waals surface area contributed by atoms with Crippen molar-refractivity contribution in [1.29, 1.82) is 0 Å². The first-order valence-corrected chi connectivity index (χ1v) is 8.88. The molecule has 1 aromatic heterocycles. The minimum atomic E-state index is 0.447. The van der Waals surface area contributed by atoms with Gasteiger partial charge in [0.25, 0.3) is 0 Å². The van der Waals surface area contributed by atoms with Crippen molar-refractivity contribution in [3.8, 4) is 0 Å². The smallest absolute Gasteiger partial charge is 0.128 e. The van der Waals surface area contributed by atoms with Crippen LogP contribution < -0.4 is 4.90 Å². The van der Waals surface area contributed by atoms with Crippen LogP contribution in [-0.4, -0.2) is 18.6 Å². The van der Waals surface area contributed by atoms with E-state index in [1.54, 1.807) is 0 Å². The molecule has 0 spiro atoms. The Bertz CT molecular complexity index is 500. The number of anilines is 1. The van der Waals surface area contributed by atoms with Gasteiger partial charge in [-0.3, -0.25) is 0 Å². The van der Waals surface area contributed by atoms with E-state index < -0.39 is 0 Å². The predicted molar refractivity (Wildman–Crippen MR) is 90.1 cm³/mol. The zero-order chi connectivity index (χ0) is 15.0. The Balaban J connectivity index is 1.74. The number of rotatable bonds is 5. The fourth-order valence-corrected chi connectivity index (χ4v) is 4.36. The second-order valence-corrected chi connectivity index (χ2v) is 7.63. The second-order valence-electron chi connectivity index (χ2n) is 7.36. The standard InChI is InChI=1S/C18H27ClN2/c1-12(2)17-8-14(10-19)9-18(20-17)21(3)11-16-7-13-4-5-15(16)6-13/h8-9,12-13,15-16H,4-7,10-11H2,1-3H3. The quantitative estimate of drug-likeness (QED) is 0.725. The summed E-state index contributed by atoms with van der Waals surface area (Å²) in [7, 11) is 2.19. The monoisotopic (exact) mass is 306 g/mol. The molecule has 21 heavy (non-hydrogen) atoms. The second kappa shape index (κ2) is 6.16. The van der Waals surface area contributed by atoms with Crippen LogP contribution in [0.15, 0.2) is 12.1 Å². The summed E-state index contributed by atoms with van der Waals surface area (Å²) in [6, 6.07) is 4.30. The number of hydrogen-bond acceptors (Lipinski definition) is 2. The molecule has 2 fully saturated rings. The molecule has 0 aromatic carbocycles. The van der Waals surface area contributed by atoms with Gasteiger partial charge in [-0.2, -0.15) is 0 Å². The zero-order valence-corrected chi connectivity index (χ0v) is 14.2. The van der Waals surface area contributed by atoms with Gasteiger partial charge in [0.05, 0.1) is 0 Å². The van der Waals surface area contributed by atoms with Crippen molar-refractivity contribution in [3.05, 3.63) is 23.4 Å². The molecule has 1 aromatic rings. The lowest BCUT2D eigenvalue weighted by molar-refractivity contribution is 0.337. The maximum atomic E-state index is 6.06. The molecule has 2 bridgehead atoms. The third-order valence-electron chi connectivity index (χ3n) is 5.42. The lowest BCUT2D eigenvalue weighted by atomic mass is 9.88. The SMILES string of the molecule is CC(C)c1cc(CCl)cc(N(C)CC2CC3CCC2C3)n1. The molecule has 1 heterocycles. The summed E-state index contributed by atoms with van der Waals surface area (Å²) in [5.74, 6) is 4.97. The van der Waals surface area contributed by atoms with Crippen LogP contribution in [0.3, 0.4) is 0 Å². The van der Waals surface area contributed by atoms with Gasteiger partial charge in [0.2, 0.25) is 0 Å². The van der Waals surface area contributed by atoms with Crippen LogP contribution in [0.5, 0.6) is 0 Å². The van der Waals surface area contributed by atoms with Gasteiger partial charge >= 0.3 is 0 Å². The summed E-state index contributed by atoms with van der Waals surface area (Å²) in [4.78, 5) is 7.21. The normalized spacial score (nSPS) is 27.6. The Hall–Kier alpha value is -0.760. The van der Waals surface area contributed by atoms with E-state index in [1.165, 1.54) is 31.2 Å². The highest BCUT2D eigenvalue weighted by atomic mass is 35.5. The Kier molecular flexibility index (Phi) is 4.44. The Labute approximate surface area is 133 Å². The lowest BCUT2D eigenvalue weighted by Crippen LogP contribution is -2.29. The molecule has 116 valence electrons. The lowest BCUT2D eigenvalue weighted by Gasteiger charge is -2.28. The molecule has 0 amide bonds. The summed E-state index contributed by atoms with van der Waals surface area (Å²) >= 11 is 6.06. The Morgan fingerprint density at radius 2 is 2.10 bits per heavy atom. The topological polar surface area (TPSA) is 16.1 Å². The van der Waals surface area contributed by atoms with Crippen molar-refractivity contribution in [2.45, 2.75) is 51.3 Å². The molecular formula is C18H27ClN2. The van der Waals surface area contributed by atoms with Crippen LogP contribution in [-0.2, 0) is 5.88 Å². The summed E-state index contributed by atoms with van der Waals surface area (Å²) in [5.41, 5.74) is 2.34. The molecule has 0 saturated heterocycles. The number of fused-ring (bicyclic) bond motifs is 2. The van der Waals surface area contributed by atoms with Gasteiger partial charge < -0.3 is 4.90 Å². The minimum absolute atomic E-state index is 0.447. The first kappa shape index (κ1) is 15.1. The van der Waals surface area contributed by atoms with Crippen molar-refractivity contribution in [2.75, 3.05) is 18.5 Å². The molecule has 2 aliphatic rings. The molecule has 2 saturated carbocycles. The zero-order valence-electron chi connectivity index (χ0n) is 13.5. The highest BCUT2D eigenvalue weighted by molar-refractivity contribution is 6.17. The van der Waals surface area contributed by atoms with E-state index in [2.05, 4.69) is 37.9 Å². The summed E-state index contributed by atoms with van der Waals surface area (Å²) in [5, 5.41) is 0. The highest BCUT2D eigenvalue weighted by Gasteiger charge is 2.39. The number of halogens is 1. The van der Waals surface area contributed by atoms with Crippen LogP contribution in [0.4, 0.5) is 5.82 Å². The van der Waals surface area contributed by atoms with Gasteiger partial charge in [0, 0.05) is 25.2 Å². The van der Waals surface area contributed by atoms with Crippen molar-refractivity contribution in [1.82, 2.24) is 4.98 Å². The average molecular weight is 307 g/mol. The van der Waals surface area contributed by atoms with E-state index in [9.17, 15) is 0 Å². The number of hydrogen-bond donors (Lipinski definition) is 0. The molecule has 2 nitrogen and oxygen atoms in total. The first-order valence-electron chi connectivity index (χ1n) is 8.34. The van der Waals surface area contributed by atoms with Crippen LogP contribution in [0, 0.1) is 17.8 Å². The van der Waals surface area contributed by atoms with Crippen LogP contribution in [0.25, 0.3) is 0 Å². The van der Waals surface area contributed by atoms with E-state index >= 15 is 0 Å². The maximum Gasteiger partial charge on any atom is 0.128 e. The minimum Gasteiger partial charge on any atom is -0.359 e. The molecular weight excluding hydrogens is 280 g/mol. The molecule has 0 N–H and O–H groups in total. The largest absolute Gasteiger partial charge is 0.359 e. The van der Waals surface area contributed by atoms with Gasteiger partial charge in [-0.15, -0.1) is 11.6 Å². The molecule has 0 radical (unpaired) electrons. The van der Waals surface area contributed by atoms with Crippen molar-refractivity contribution in [3.63, 3.8) is 0 Å². The average Bonchev–Trinajstić information content (AvgIpc) is 3.09. The number of pyridine rings is 1. The van der Waals surface area contributed by atoms with E-state index in [1.807, 2.05) is 0 Å². The van der Waals surface area contributed by atoms with Gasteiger partial charge in [-0.25, -0.2) is 4.98 Å². The van der Waals surface area contributed by atoms with Crippen LogP contribution in [0.2, 0.25) is 0 Å². The Morgan fingerprint density at radius 1 is 1.29 bits per heavy atom. The van der Waals surface area contributed by atoms with E-state index in [0.717, 1.165) is 35.8 Å². The number of alkyl halides is 1. The molecule has 0 aliphatic heterocycles. The van der Waals surface area contributed by atoms with Crippen molar-refractivity contribution < 1.29 is 0 Å². The summed E-state index contributed by atoms with van der Waals surface area (Å²) in [6.45, 7) is 5.54. The molecule has 3 atom stereocenters. The third-order valence-corrected chi connectivity index (χ3v) is 5.73. The van der Waals surface area contributed by atoms with E-state index in [-0.39, 0.29) is 0 Å². The fourth-order valence-electron chi connectivity index (χ4n) is 4.21. The maximum absolute atomic E-state index is 6.06. The summed E-state index contributed by atoms with van der Waals surface area (Å²) in [6.07, 6.45) is 5.84. The van der Waals surface area contributed by atoms with Gasteiger partial charge in [0.15, 0.2) is 0 Å². The molecule has 3 heteroatoms. The van der Waals surface area contributed by atoms with Gasteiger partial charge in [0.1, 0.15) is 5.82 Å². The van der Waals surface area contributed by atoms with Crippen LogP contribution in [0.1, 0.15) is 56.7 Å². The Morgan fingerprint density at radius 3 is 2.67 bits per heavy atom. The van der Waals surface area contributed by atoms with Crippen molar-refractivity contribution in [2.24, 2.45) is 17.8 Å². The van der Waals surface area contributed by atoms with Gasteiger partial charge in [-0.1, -0.05) is 20.3 Å². The molecule has 3 rings (SSSR count). The van der Waals surface area contributed by atoms with E-state index in [0.29, 0.717) is 11.8 Å². The first-order chi connectivity index (χ1) is 10.1. The molecule has 3 unspecified atom stereocenters. The summed E-state index contributed by atoms with van der Waals surface area (Å²) < 4.78 is 0. The van der Waals surface area contributed by atoms with Crippen LogP contribution >= 0.6 is 11.6 Å². The fraction of sp³-hybridized carbons (Fsp3) is 0.722. The third kappa shape index (κ3) is 3.21. The number of aromatic nitrogens is 1. The van der Waals surface area contributed by atoms with Gasteiger partial charge in [-0.05, 0) is 60.6 Å². The van der Waals surface area contributed by atoms with E-state index in [4.69, 9.17) is 16.6 Å². The highest BCUT2D eigenvalue weighted by Crippen LogP contribution is 2.48.